The maximum Gasteiger partial charge on any atom is 0.319 e. The van der Waals surface area contributed by atoms with Gasteiger partial charge in [0.2, 0.25) is 5.91 Å². The number of halogens is 2. The summed E-state index contributed by atoms with van der Waals surface area (Å²) >= 11 is 6.89. The minimum Gasteiger partial charge on any atom is -0.508 e. The molecule has 2 aromatic carbocycles. The van der Waals surface area contributed by atoms with Crippen molar-refractivity contribution in [1.29, 1.82) is 0 Å². The molecular weight excluding hydrogens is 506 g/mol. The monoisotopic (exact) mass is 525 g/mol. The van der Waals surface area contributed by atoms with E-state index in [2.05, 4.69) is 37.2 Å². The number of hydrogen-bond donors (Lipinski definition) is 3. The molecule has 0 aliphatic heterocycles. The minimum absolute atomic E-state index is 0.135. The van der Waals surface area contributed by atoms with Crippen LogP contribution in [-0.2, 0) is 9.59 Å². The number of phenolic OH excluding ortho intramolecular Hbond substituents is 1. The van der Waals surface area contributed by atoms with Gasteiger partial charge >= 0.3 is 5.97 Å². The fraction of sp³-hybridized carbons (Fsp3) is 0.333. The van der Waals surface area contributed by atoms with Crippen LogP contribution in [0.5, 0.6) is 17.2 Å². The number of ether oxygens (including phenoxy) is 1. The lowest BCUT2D eigenvalue weighted by molar-refractivity contribution is -0.159. The smallest absolute Gasteiger partial charge is 0.319 e. The highest BCUT2D eigenvalue weighted by atomic mass is 79.9. The van der Waals surface area contributed by atoms with E-state index in [1.54, 1.807) is 30.3 Å². The van der Waals surface area contributed by atoms with Crippen LogP contribution in [0.15, 0.2) is 39.3 Å². The van der Waals surface area contributed by atoms with Crippen molar-refractivity contribution >= 4 is 49.4 Å². The van der Waals surface area contributed by atoms with Crippen LogP contribution in [0.2, 0.25) is 0 Å². The summed E-state index contributed by atoms with van der Waals surface area (Å²) in [4.78, 5) is 24.0. The van der Waals surface area contributed by atoms with Crippen molar-refractivity contribution in [2.75, 3.05) is 5.32 Å². The summed E-state index contributed by atoms with van der Waals surface area (Å²) in [6.07, 6.45) is 1.42. The van der Waals surface area contributed by atoms with Crippen LogP contribution in [0.4, 0.5) is 5.69 Å². The Hall–Kier alpha value is -2.06. The Morgan fingerprint density at radius 3 is 2.24 bits per heavy atom. The largest absolute Gasteiger partial charge is 0.508 e. The zero-order valence-corrected chi connectivity index (χ0v) is 19.1. The first kappa shape index (κ1) is 21.6. The van der Waals surface area contributed by atoms with E-state index in [9.17, 15) is 19.8 Å². The predicted molar refractivity (Wildman–Crippen MR) is 117 cm³/mol. The van der Waals surface area contributed by atoms with Gasteiger partial charge < -0.3 is 20.3 Å². The molecule has 0 atom stereocenters. The Balaban J connectivity index is 1.82. The molecule has 3 rings (SSSR count). The van der Waals surface area contributed by atoms with Gasteiger partial charge in [-0.2, -0.15) is 0 Å². The standard InChI is InChI=1S/C21H21Br2NO5/c1-11(2)14-10-13(4-5-17(14)25)29-18-15(22)8-12(9-16(18)23)24-19(26)21(20(27)28)6-3-7-21/h4-5,8-11,25H,3,6-7H2,1-2H3,(H,24,26)(H,27,28). The summed E-state index contributed by atoms with van der Waals surface area (Å²) < 4.78 is 7.14. The normalized spacial score (nSPS) is 14.9. The molecule has 0 bridgehead atoms. The van der Waals surface area contributed by atoms with E-state index < -0.39 is 17.3 Å². The van der Waals surface area contributed by atoms with Gasteiger partial charge in [0.05, 0.1) is 8.95 Å². The second kappa shape index (κ2) is 8.36. The van der Waals surface area contributed by atoms with E-state index in [1.165, 1.54) is 0 Å². The molecule has 8 heteroatoms. The highest BCUT2D eigenvalue weighted by Gasteiger charge is 2.51. The van der Waals surface area contributed by atoms with E-state index in [1.807, 2.05) is 13.8 Å². The number of anilines is 1. The van der Waals surface area contributed by atoms with Crippen LogP contribution >= 0.6 is 31.9 Å². The molecular formula is C21H21Br2NO5. The number of aliphatic carboxylic acids is 1. The SMILES string of the molecule is CC(C)c1cc(Oc2c(Br)cc(NC(=O)C3(C(=O)O)CCC3)cc2Br)ccc1O. The lowest BCUT2D eigenvalue weighted by atomic mass is 9.68. The molecule has 0 spiro atoms. The van der Waals surface area contributed by atoms with Crippen molar-refractivity contribution < 1.29 is 24.5 Å². The molecule has 0 saturated heterocycles. The molecule has 1 aliphatic carbocycles. The summed E-state index contributed by atoms with van der Waals surface area (Å²) in [5.74, 6) is -0.191. The molecule has 2 aromatic rings. The number of carbonyl (C=O) groups is 2. The second-order valence-electron chi connectivity index (χ2n) is 7.44. The van der Waals surface area contributed by atoms with Crippen molar-refractivity contribution in [2.24, 2.45) is 5.41 Å². The number of phenols is 1. The first-order valence-electron chi connectivity index (χ1n) is 9.18. The average molecular weight is 527 g/mol. The van der Waals surface area contributed by atoms with Crippen molar-refractivity contribution in [3.05, 3.63) is 44.8 Å². The van der Waals surface area contributed by atoms with Crippen molar-refractivity contribution in [3.63, 3.8) is 0 Å². The first-order chi connectivity index (χ1) is 13.6. The third kappa shape index (κ3) is 4.28. The Kier molecular flexibility index (Phi) is 6.24. The number of amides is 1. The van der Waals surface area contributed by atoms with Crippen LogP contribution in [0, 0.1) is 5.41 Å². The van der Waals surface area contributed by atoms with E-state index in [0.717, 1.165) is 12.0 Å². The zero-order valence-electron chi connectivity index (χ0n) is 16.0. The lowest BCUT2D eigenvalue weighted by Crippen LogP contribution is -2.48. The number of aromatic hydroxyl groups is 1. The predicted octanol–water partition coefficient (Wildman–Crippen LogP) is 6.03. The van der Waals surface area contributed by atoms with Gasteiger partial charge in [-0.15, -0.1) is 0 Å². The van der Waals surface area contributed by atoms with E-state index >= 15 is 0 Å². The number of carboxylic acid groups (broad SMARTS) is 1. The molecule has 154 valence electrons. The van der Waals surface area contributed by atoms with Gasteiger partial charge in [0.15, 0.2) is 5.75 Å². The molecule has 3 N–H and O–H groups in total. The van der Waals surface area contributed by atoms with Gasteiger partial charge in [0, 0.05) is 11.3 Å². The molecule has 0 unspecified atom stereocenters. The van der Waals surface area contributed by atoms with Crippen LogP contribution in [0.3, 0.4) is 0 Å². The first-order valence-corrected chi connectivity index (χ1v) is 10.8. The van der Waals surface area contributed by atoms with Gasteiger partial charge in [0.1, 0.15) is 16.9 Å². The highest BCUT2D eigenvalue weighted by Crippen LogP contribution is 2.44. The Bertz CT molecular complexity index is 947. The van der Waals surface area contributed by atoms with Crippen molar-refractivity contribution in [1.82, 2.24) is 0 Å². The molecule has 1 aliphatic rings. The number of hydrogen-bond acceptors (Lipinski definition) is 4. The molecule has 1 fully saturated rings. The van der Waals surface area contributed by atoms with Crippen LogP contribution in [0.1, 0.15) is 44.6 Å². The molecule has 29 heavy (non-hydrogen) atoms. The zero-order chi connectivity index (χ0) is 21.3. The third-order valence-electron chi connectivity index (χ3n) is 5.15. The summed E-state index contributed by atoms with van der Waals surface area (Å²) in [6, 6.07) is 8.36. The van der Waals surface area contributed by atoms with Gasteiger partial charge in [-0.25, -0.2) is 0 Å². The maximum absolute atomic E-state index is 12.5. The fourth-order valence-corrected chi connectivity index (χ4v) is 4.57. The van der Waals surface area contributed by atoms with Crippen molar-refractivity contribution in [3.8, 4) is 17.2 Å². The average Bonchev–Trinajstić information content (AvgIpc) is 2.57. The highest BCUT2D eigenvalue weighted by molar-refractivity contribution is 9.11. The number of benzene rings is 2. The molecule has 0 heterocycles. The molecule has 6 nitrogen and oxygen atoms in total. The summed E-state index contributed by atoms with van der Waals surface area (Å²) in [5, 5.41) is 22.1. The minimum atomic E-state index is -1.34. The Morgan fingerprint density at radius 2 is 1.76 bits per heavy atom. The molecule has 0 radical (unpaired) electrons. The molecule has 1 amide bonds. The van der Waals surface area contributed by atoms with Crippen LogP contribution in [-0.4, -0.2) is 22.1 Å². The summed E-state index contributed by atoms with van der Waals surface area (Å²) in [5.41, 5.74) is -0.103. The van der Waals surface area contributed by atoms with Gasteiger partial charge in [-0.3, -0.25) is 9.59 Å². The lowest BCUT2D eigenvalue weighted by Gasteiger charge is -2.35. The number of nitrogens with one attached hydrogen (secondary N) is 1. The molecule has 0 aromatic heterocycles. The number of carboxylic acids is 1. The van der Waals surface area contributed by atoms with E-state index in [-0.39, 0.29) is 11.7 Å². The van der Waals surface area contributed by atoms with Gasteiger partial charge in [0.25, 0.3) is 0 Å². The summed E-state index contributed by atoms with van der Waals surface area (Å²) in [7, 11) is 0. The second-order valence-corrected chi connectivity index (χ2v) is 9.15. The fourth-order valence-electron chi connectivity index (χ4n) is 3.23. The van der Waals surface area contributed by atoms with Crippen molar-refractivity contribution in [2.45, 2.75) is 39.0 Å². The van der Waals surface area contributed by atoms with Gasteiger partial charge in [-0.05, 0) is 81.0 Å². The van der Waals surface area contributed by atoms with E-state index in [0.29, 0.717) is 39.0 Å². The topological polar surface area (TPSA) is 95.9 Å². The summed E-state index contributed by atoms with van der Waals surface area (Å²) in [6.45, 7) is 3.96. The maximum atomic E-state index is 12.5. The third-order valence-corrected chi connectivity index (χ3v) is 6.33. The van der Waals surface area contributed by atoms with Crippen LogP contribution < -0.4 is 10.1 Å². The Labute approximate surface area is 185 Å². The van der Waals surface area contributed by atoms with Crippen LogP contribution in [0.25, 0.3) is 0 Å². The van der Waals surface area contributed by atoms with E-state index in [4.69, 9.17) is 4.74 Å². The Morgan fingerprint density at radius 1 is 1.14 bits per heavy atom. The quantitative estimate of drug-likeness (QED) is 0.399. The van der Waals surface area contributed by atoms with Gasteiger partial charge in [-0.1, -0.05) is 20.3 Å². The number of carbonyl (C=O) groups excluding carboxylic acids is 1. The molecule has 1 saturated carbocycles. The number of rotatable bonds is 6.